The lowest BCUT2D eigenvalue weighted by Crippen LogP contribution is -2.43. The van der Waals surface area contributed by atoms with Gasteiger partial charge in [-0.15, -0.1) is 11.6 Å². The number of benzene rings is 3. The number of methoxy groups -OCH3 is 1. The smallest absolute Gasteiger partial charge is 0.275 e. The Bertz CT molecular complexity index is 1000. The predicted octanol–water partition coefficient (Wildman–Crippen LogP) is 4.67. The molecule has 0 unspecified atom stereocenters. The van der Waals surface area contributed by atoms with Crippen LogP contribution in [-0.4, -0.2) is 23.6 Å². The first-order valence-electron chi connectivity index (χ1n) is 8.98. The molecule has 4 rings (SSSR count). The Morgan fingerprint density at radius 3 is 2.14 bits per heavy atom. The van der Waals surface area contributed by atoms with E-state index in [1.165, 1.54) is 5.01 Å². The Kier molecular flexibility index (Phi) is 4.88. The SMILES string of the molecule is COc1ccc(C2=NN(c3ccccc3)C(=O)[C@@]2(Cl)Cc2ccccc2)cc1. The fourth-order valence-corrected chi connectivity index (χ4v) is 3.69. The Balaban J connectivity index is 1.79. The van der Waals surface area contributed by atoms with Crippen molar-refractivity contribution >= 4 is 28.9 Å². The lowest BCUT2D eigenvalue weighted by molar-refractivity contribution is -0.118. The Labute approximate surface area is 169 Å². The van der Waals surface area contributed by atoms with Crippen molar-refractivity contribution in [2.45, 2.75) is 11.3 Å². The van der Waals surface area contributed by atoms with Gasteiger partial charge < -0.3 is 4.74 Å². The van der Waals surface area contributed by atoms with Gasteiger partial charge in [-0.05, 0) is 42.0 Å². The summed E-state index contributed by atoms with van der Waals surface area (Å²) >= 11 is 7.02. The minimum absolute atomic E-state index is 0.255. The maximum atomic E-state index is 13.4. The van der Waals surface area contributed by atoms with Crippen molar-refractivity contribution < 1.29 is 9.53 Å². The normalized spacial score (nSPS) is 18.9. The molecule has 0 radical (unpaired) electrons. The number of ether oxygens (including phenoxy) is 1. The number of nitrogens with zero attached hydrogens (tertiary/aromatic N) is 2. The quantitative estimate of drug-likeness (QED) is 0.594. The third kappa shape index (κ3) is 3.27. The van der Waals surface area contributed by atoms with Crippen molar-refractivity contribution in [1.82, 2.24) is 0 Å². The number of carbonyl (C=O) groups is 1. The first-order chi connectivity index (χ1) is 13.6. The molecule has 3 aromatic carbocycles. The molecule has 0 spiro atoms. The van der Waals surface area contributed by atoms with Crippen LogP contribution in [0.25, 0.3) is 0 Å². The van der Waals surface area contributed by atoms with E-state index in [1.807, 2.05) is 84.9 Å². The molecule has 1 atom stereocenters. The number of alkyl halides is 1. The Morgan fingerprint density at radius 1 is 0.929 bits per heavy atom. The van der Waals surface area contributed by atoms with Crippen LogP contribution in [0, 0.1) is 0 Å². The highest BCUT2D eigenvalue weighted by molar-refractivity contribution is 6.53. The summed E-state index contributed by atoms with van der Waals surface area (Å²) in [6.45, 7) is 0. The van der Waals surface area contributed by atoms with Gasteiger partial charge in [-0.2, -0.15) is 10.1 Å². The van der Waals surface area contributed by atoms with Crippen molar-refractivity contribution in [3.8, 4) is 5.75 Å². The number of carbonyl (C=O) groups excluding carboxylic acids is 1. The second-order valence-corrected chi connectivity index (χ2v) is 7.24. The van der Waals surface area contributed by atoms with Crippen molar-refractivity contribution in [3.63, 3.8) is 0 Å². The number of halogens is 1. The van der Waals surface area contributed by atoms with Crippen LogP contribution in [0.2, 0.25) is 0 Å². The molecule has 5 heteroatoms. The van der Waals surface area contributed by atoms with Crippen LogP contribution in [-0.2, 0) is 11.2 Å². The maximum Gasteiger partial charge on any atom is 0.275 e. The molecule has 0 N–H and O–H groups in total. The molecule has 0 aliphatic carbocycles. The minimum atomic E-state index is -1.29. The number of rotatable bonds is 5. The molecule has 1 aliphatic heterocycles. The number of hydrogen-bond donors (Lipinski definition) is 0. The van der Waals surface area contributed by atoms with Gasteiger partial charge in [0.1, 0.15) is 5.75 Å². The zero-order valence-corrected chi connectivity index (χ0v) is 16.1. The Morgan fingerprint density at radius 2 is 1.54 bits per heavy atom. The average molecular weight is 391 g/mol. The van der Waals surface area contributed by atoms with Crippen molar-refractivity contribution in [2.75, 3.05) is 12.1 Å². The highest BCUT2D eigenvalue weighted by Crippen LogP contribution is 2.37. The molecule has 1 amide bonds. The summed E-state index contributed by atoms with van der Waals surface area (Å²) in [7, 11) is 1.62. The summed E-state index contributed by atoms with van der Waals surface area (Å²) in [5.74, 6) is 0.479. The fourth-order valence-electron chi connectivity index (χ4n) is 3.31. The molecule has 0 bridgehead atoms. The third-order valence-electron chi connectivity index (χ3n) is 4.76. The summed E-state index contributed by atoms with van der Waals surface area (Å²) in [5.41, 5.74) is 2.99. The molecule has 0 saturated carbocycles. The summed E-state index contributed by atoms with van der Waals surface area (Å²) in [4.78, 5) is 12.1. The number of hydrazone groups is 1. The van der Waals surface area contributed by atoms with Gasteiger partial charge in [0.2, 0.25) is 0 Å². The van der Waals surface area contributed by atoms with Gasteiger partial charge in [-0.3, -0.25) is 4.79 Å². The van der Waals surface area contributed by atoms with Crippen LogP contribution in [0.3, 0.4) is 0 Å². The largest absolute Gasteiger partial charge is 0.497 e. The van der Waals surface area contributed by atoms with E-state index in [1.54, 1.807) is 7.11 Å². The van der Waals surface area contributed by atoms with Crippen LogP contribution in [0.15, 0.2) is 90.0 Å². The molecule has 140 valence electrons. The number of anilines is 1. The van der Waals surface area contributed by atoms with Crippen molar-refractivity contribution in [2.24, 2.45) is 5.10 Å². The van der Waals surface area contributed by atoms with Crippen LogP contribution in [0.4, 0.5) is 5.69 Å². The summed E-state index contributed by atoms with van der Waals surface area (Å²) in [6, 6.07) is 26.5. The molecule has 0 fully saturated rings. The van der Waals surface area contributed by atoms with E-state index < -0.39 is 4.87 Å². The van der Waals surface area contributed by atoms with Crippen molar-refractivity contribution in [3.05, 3.63) is 96.1 Å². The first-order valence-corrected chi connectivity index (χ1v) is 9.35. The molecule has 4 nitrogen and oxygen atoms in total. The minimum Gasteiger partial charge on any atom is -0.497 e. The maximum absolute atomic E-state index is 13.4. The van der Waals surface area contributed by atoms with E-state index in [4.69, 9.17) is 16.3 Å². The fraction of sp³-hybridized carbons (Fsp3) is 0.130. The molecule has 28 heavy (non-hydrogen) atoms. The van der Waals surface area contributed by atoms with E-state index in [2.05, 4.69) is 5.10 Å². The third-order valence-corrected chi connectivity index (χ3v) is 5.24. The molecule has 1 heterocycles. The summed E-state index contributed by atoms with van der Waals surface area (Å²) in [5, 5.41) is 6.04. The number of hydrogen-bond acceptors (Lipinski definition) is 3. The van der Waals surface area contributed by atoms with E-state index in [-0.39, 0.29) is 5.91 Å². The lowest BCUT2D eigenvalue weighted by Gasteiger charge is -2.23. The van der Waals surface area contributed by atoms with Gasteiger partial charge in [0.25, 0.3) is 5.91 Å². The molecule has 0 aromatic heterocycles. The highest BCUT2D eigenvalue weighted by Gasteiger charge is 2.50. The Hall–Kier alpha value is -3.11. The highest BCUT2D eigenvalue weighted by atomic mass is 35.5. The van der Waals surface area contributed by atoms with E-state index in [0.717, 1.165) is 16.9 Å². The van der Waals surface area contributed by atoms with Gasteiger partial charge in [-0.25, -0.2) is 0 Å². The lowest BCUT2D eigenvalue weighted by atomic mass is 9.89. The van der Waals surface area contributed by atoms with Crippen molar-refractivity contribution in [1.29, 1.82) is 0 Å². The topological polar surface area (TPSA) is 41.9 Å². The van der Waals surface area contributed by atoms with E-state index in [0.29, 0.717) is 17.8 Å². The molecule has 1 aliphatic rings. The van der Waals surface area contributed by atoms with Gasteiger partial charge in [0.05, 0.1) is 18.5 Å². The van der Waals surface area contributed by atoms with Crippen LogP contribution in [0.1, 0.15) is 11.1 Å². The van der Waals surface area contributed by atoms with E-state index in [9.17, 15) is 4.79 Å². The van der Waals surface area contributed by atoms with Crippen LogP contribution < -0.4 is 9.75 Å². The van der Waals surface area contributed by atoms with Gasteiger partial charge in [-0.1, -0.05) is 48.5 Å². The summed E-state index contributed by atoms with van der Waals surface area (Å²) < 4.78 is 5.24. The molecule has 3 aromatic rings. The zero-order chi connectivity index (χ0) is 19.6. The van der Waals surface area contributed by atoms with Gasteiger partial charge >= 0.3 is 0 Å². The summed E-state index contributed by atoms with van der Waals surface area (Å²) in [6.07, 6.45) is 0.350. The second kappa shape index (κ2) is 7.49. The average Bonchev–Trinajstić information content (AvgIpc) is 3.00. The second-order valence-electron chi connectivity index (χ2n) is 6.59. The van der Waals surface area contributed by atoms with Crippen LogP contribution >= 0.6 is 11.6 Å². The number of amides is 1. The zero-order valence-electron chi connectivity index (χ0n) is 15.4. The monoisotopic (exact) mass is 390 g/mol. The molecular formula is C23H19ClN2O2. The molecule has 0 saturated heterocycles. The van der Waals surface area contributed by atoms with E-state index >= 15 is 0 Å². The van der Waals surface area contributed by atoms with Gasteiger partial charge in [0, 0.05) is 12.0 Å². The number of para-hydroxylation sites is 1. The predicted molar refractivity (Wildman–Crippen MR) is 112 cm³/mol. The molecular weight excluding hydrogens is 372 g/mol. The first kappa shape index (κ1) is 18.3. The van der Waals surface area contributed by atoms with Gasteiger partial charge in [0.15, 0.2) is 4.87 Å². The van der Waals surface area contributed by atoms with Crippen LogP contribution in [0.5, 0.6) is 5.75 Å². The standard InChI is InChI=1S/C23H19ClN2O2/c1-28-20-14-12-18(13-15-20)21-23(24,16-17-8-4-2-5-9-17)22(27)26(25-21)19-10-6-3-7-11-19/h2-15H,16H2,1H3/t23-/m1/s1.